The van der Waals surface area contributed by atoms with E-state index in [0.29, 0.717) is 0 Å². The Kier molecular flexibility index (Phi) is 5.31. The van der Waals surface area contributed by atoms with Crippen molar-refractivity contribution in [3.05, 3.63) is 17.3 Å². The van der Waals surface area contributed by atoms with Crippen LogP contribution < -0.4 is 5.32 Å². The molecule has 0 spiro atoms. The quantitative estimate of drug-likeness (QED) is 0.846. The van der Waals surface area contributed by atoms with Crippen molar-refractivity contribution in [3.63, 3.8) is 0 Å². The fraction of sp³-hybridized carbons (Fsp3) is 0.600. The highest BCUT2D eigenvalue weighted by Gasteiger charge is 2.10. The maximum atomic E-state index is 4.67. The molecule has 0 aliphatic carbocycles. The largest absolute Gasteiger partial charge is 0.370 e. The van der Waals surface area contributed by atoms with Crippen LogP contribution in [0.5, 0.6) is 0 Å². The van der Waals surface area contributed by atoms with Crippen LogP contribution in [0.3, 0.4) is 0 Å². The summed E-state index contributed by atoms with van der Waals surface area (Å²) in [6.45, 7) is 9.37. The average molecular weight is 292 g/mol. The molecule has 4 nitrogen and oxygen atoms in total. The van der Waals surface area contributed by atoms with E-state index in [0.717, 1.165) is 47.4 Å². The van der Waals surface area contributed by atoms with Gasteiger partial charge in [-0.2, -0.15) is 0 Å². The zero-order valence-corrected chi connectivity index (χ0v) is 13.6. The molecule has 1 N–H and O–H groups in total. The van der Waals surface area contributed by atoms with Crippen LogP contribution in [0.4, 0.5) is 5.82 Å². The van der Waals surface area contributed by atoms with Crippen LogP contribution in [0.25, 0.3) is 10.2 Å². The van der Waals surface area contributed by atoms with Gasteiger partial charge in [0.2, 0.25) is 0 Å². The summed E-state index contributed by atoms with van der Waals surface area (Å²) in [4.78, 5) is 12.7. The van der Waals surface area contributed by atoms with Gasteiger partial charge in [-0.3, -0.25) is 4.90 Å². The SMILES string of the molecule is CCNc1nc(CN(C)CCC(C)C)nc2sccc12. The second kappa shape index (κ2) is 6.99. The minimum atomic E-state index is 0.732. The van der Waals surface area contributed by atoms with Gasteiger partial charge >= 0.3 is 0 Å². The van der Waals surface area contributed by atoms with Crippen LogP contribution in [0.15, 0.2) is 11.4 Å². The molecule has 2 aromatic rings. The van der Waals surface area contributed by atoms with Gasteiger partial charge in [-0.15, -0.1) is 11.3 Å². The normalized spacial score (nSPS) is 11.7. The zero-order chi connectivity index (χ0) is 14.5. The van der Waals surface area contributed by atoms with Crippen molar-refractivity contribution < 1.29 is 0 Å². The van der Waals surface area contributed by atoms with Crippen LogP contribution in [-0.4, -0.2) is 35.0 Å². The summed E-state index contributed by atoms with van der Waals surface area (Å²) in [7, 11) is 2.14. The Labute approximate surface area is 125 Å². The molecule has 20 heavy (non-hydrogen) atoms. The highest BCUT2D eigenvalue weighted by Crippen LogP contribution is 2.25. The summed E-state index contributed by atoms with van der Waals surface area (Å²) in [6.07, 6.45) is 1.21. The third-order valence-corrected chi connectivity index (χ3v) is 4.02. The molecule has 0 unspecified atom stereocenters. The van der Waals surface area contributed by atoms with E-state index in [9.17, 15) is 0 Å². The van der Waals surface area contributed by atoms with E-state index in [2.05, 4.69) is 59.4 Å². The molecule has 0 aliphatic rings. The fourth-order valence-corrected chi connectivity index (χ4v) is 2.85. The molecule has 0 bridgehead atoms. The number of thiophene rings is 1. The first-order valence-corrected chi connectivity index (χ1v) is 8.14. The Morgan fingerprint density at radius 3 is 2.85 bits per heavy atom. The zero-order valence-electron chi connectivity index (χ0n) is 12.8. The molecule has 110 valence electrons. The van der Waals surface area contributed by atoms with Crippen molar-refractivity contribution in [3.8, 4) is 0 Å². The lowest BCUT2D eigenvalue weighted by Gasteiger charge is -2.17. The number of fused-ring (bicyclic) bond motifs is 1. The van der Waals surface area contributed by atoms with Gasteiger partial charge in [-0.25, -0.2) is 9.97 Å². The Balaban J connectivity index is 2.13. The van der Waals surface area contributed by atoms with Crippen LogP contribution in [0.1, 0.15) is 33.0 Å². The Morgan fingerprint density at radius 2 is 2.15 bits per heavy atom. The Bertz CT molecular complexity index is 550. The number of aromatic nitrogens is 2. The Morgan fingerprint density at radius 1 is 1.35 bits per heavy atom. The third kappa shape index (κ3) is 3.90. The van der Waals surface area contributed by atoms with E-state index in [1.54, 1.807) is 11.3 Å². The first kappa shape index (κ1) is 15.2. The summed E-state index contributed by atoms with van der Waals surface area (Å²) >= 11 is 1.68. The minimum Gasteiger partial charge on any atom is -0.370 e. The first-order chi connectivity index (χ1) is 9.60. The summed E-state index contributed by atoms with van der Waals surface area (Å²) < 4.78 is 0. The van der Waals surface area contributed by atoms with E-state index < -0.39 is 0 Å². The molecule has 0 saturated carbocycles. The summed E-state index contributed by atoms with van der Waals surface area (Å²) in [5, 5.41) is 6.54. The first-order valence-electron chi connectivity index (χ1n) is 7.26. The smallest absolute Gasteiger partial charge is 0.146 e. The monoisotopic (exact) mass is 292 g/mol. The van der Waals surface area contributed by atoms with Gasteiger partial charge in [-0.05, 0) is 44.3 Å². The van der Waals surface area contributed by atoms with Crippen molar-refractivity contribution in [2.24, 2.45) is 5.92 Å². The van der Waals surface area contributed by atoms with Crippen LogP contribution >= 0.6 is 11.3 Å². The average Bonchev–Trinajstić information content (AvgIpc) is 2.85. The lowest BCUT2D eigenvalue weighted by molar-refractivity contribution is 0.297. The number of nitrogens with zero attached hydrogens (tertiary/aromatic N) is 3. The predicted octanol–water partition coefficient (Wildman–Crippen LogP) is 3.60. The molecule has 5 heteroatoms. The van der Waals surface area contributed by atoms with Gasteiger partial charge in [-0.1, -0.05) is 13.8 Å². The molecular weight excluding hydrogens is 268 g/mol. The lowest BCUT2D eigenvalue weighted by atomic mass is 10.1. The van der Waals surface area contributed by atoms with Crippen molar-refractivity contribution in [1.82, 2.24) is 14.9 Å². The van der Waals surface area contributed by atoms with Crippen molar-refractivity contribution in [2.75, 3.05) is 25.5 Å². The van der Waals surface area contributed by atoms with Gasteiger partial charge in [0.15, 0.2) is 0 Å². The summed E-state index contributed by atoms with van der Waals surface area (Å²) in [6, 6.07) is 2.09. The maximum absolute atomic E-state index is 4.67. The fourth-order valence-electron chi connectivity index (χ4n) is 2.07. The van der Waals surface area contributed by atoms with E-state index in [4.69, 9.17) is 0 Å². The molecule has 0 atom stereocenters. The number of rotatable bonds is 7. The molecule has 2 heterocycles. The molecule has 0 aliphatic heterocycles. The summed E-state index contributed by atoms with van der Waals surface area (Å²) in [5.74, 6) is 2.60. The second-order valence-corrected chi connectivity index (χ2v) is 6.47. The van der Waals surface area contributed by atoms with Gasteiger partial charge < -0.3 is 5.32 Å². The van der Waals surface area contributed by atoms with Crippen molar-refractivity contribution in [2.45, 2.75) is 33.7 Å². The molecule has 0 radical (unpaired) electrons. The maximum Gasteiger partial charge on any atom is 0.146 e. The van der Waals surface area contributed by atoms with Crippen molar-refractivity contribution in [1.29, 1.82) is 0 Å². The van der Waals surface area contributed by atoms with Gasteiger partial charge in [0, 0.05) is 6.54 Å². The van der Waals surface area contributed by atoms with Crippen LogP contribution in [0.2, 0.25) is 0 Å². The summed E-state index contributed by atoms with van der Waals surface area (Å²) in [5.41, 5.74) is 0. The molecule has 2 aromatic heterocycles. The molecular formula is C15H24N4S. The standard InChI is InChI=1S/C15H24N4S/c1-5-16-14-12-7-9-20-15(12)18-13(17-14)10-19(4)8-6-11(2)3/h7,9,11H,5-6,8,10H2,1-4H3,(H,16,17,18). The number of hydrogen-bond donors (Lipinski definition) is 1. The second-order valence-electron chi connectivity index (χ2n) is 5.58. The molecule has 0 amide bonds. The van der Waals surface area contributed by atoms with E-state index >= 15 is 0 Å². The van der Waals surface area contributed by atoms with Gasteiger partial charge in [0.05, 0.1) is 11.9 Å². The number of hydrogen-bond acceptors (Lipinski definition) is 5. The highest BCUT2D eigenvalue weighted by molar-refractivity contribution is 7.16. The van der Waals surface area contributed by atoms with Gasteiger partial charge in [0.25, 0.3) is 0 Å². The lowest BCUT2D eigenvalue weighted by Crippen LogP contribution is -2.22. The van der Waals surface area contributed by atoms with Gasteiger partial charge in [0.1, 0.15) is 16.5 Å². The third-order valence-electron chi connectivity index (χ3n) is 3.22. The molecule has 0 saturated heterocycles. The predicted molar refractivity (Wildman–Crippen MR) is 87.4 cm³/mol. The van der Waals surface area contributed by atoms with E-state index in [1.165, 1.54) is 6.42 Å². The van der Waals surface area contributed by atoms with E-state index in [-0.39, 0.29) is 0 Å². The molecule has 0 aromatic carbocycles. The number of anilines is 1. The van der Waals surface area contributed by atoms with E-state index in [1.807, 2.05) is 0 Å². The highest BCUT2D eigenvalue weighted by atomic mass is 32.1. The van der Waals surface area contributed by atoms with Crippen LogP contribution in [-0.2, 0) is 6.54 Å². The topological polar surface area (TPSA) is 41.1 Å². The number of nitrogens with one attached hydrogen (secondary N) is 1. The van der Waals surface area contributed by atoms with Crippen LogP contribution in [0, 0.1) is 5.92 Å². The Hall–Kier alpha value is -1.20. The minimum absolute atomic E-state index is 0.732. The molecule has 0 fully saturated rings. The molecule has 2 rings (SSSR count). The van der Waals surface area contributed by atoms with Crippen molar-refractivity contribution >= 4 is 27.4 Å².